The van der Waals surface area contributed by atoms with Crippen LogP contribution in [0, 0.1) is 0 Å². The lowest BCUT2D eigenvalue weighted by Crippen LogP contribution is -2.19. The number of carbonyl (C=O) groups is 2. The number of nitrogens with one attached hydrogen (secondary N) is 2. The van der Waals surface area contributed by atoms with Gasteiger partial charge in [-0.2, -0.15) is 5.10 Å². The molecule has 0 unspecified atom stereocenters. The van der Waals surface area contributed by atoms with Gasteiger partial charge in [0.15, 0.2) is 0 Å². The Morgan fingerprint density at radius 1 is 0.882 bits per heavy atom. The molecule has 34 heavy (non-hydrogen) atoms. The fourth-order valence-corrected chi connectivity index (χ4v) is 3.21. The van der Waals surface area contributed by atoms with E-state index in [0.29, 0.717) is 35.0 Å². The number of carbonyl (C=O) groups excluding carboxylic acids is 2. The first-order chi connectivity index (χ1) is 16.6. The lowest BCUT2D eigenvalue weighted by atomic mass is 10.2. The third kappa shape index (κ3) is 6.23. The number of ether oxygens (including phenoxy) is 2. The van der Waals surface area contributed by atoms with Crippen LogP contribution in [0.5, 0.6) is 11.5 Å². The van der Waals surface area contributed by atoms with Gasteiger partial charge in [-0.05, 0) is 48.0 Å². The highest BCUT2D eigenvalue weighted by molar-refractivity contribution is 6.04. The van der Waals surface area contributed by atoms with Crippen molar-refractivity contribution in [3.8, 4) is 11.5 Å². The molecular weight excluding hydrogens is 432 g/mol. The van der Waals surface area contributed by atoms with Crippen molar-refractivity contribution in [1.29, 1.82) is 0 Å². The van der Waals surface area contributed by atoms with Gasteiger partial charge in [0, 0.05) is 17.4 Å². The number of hydrogen-bond acceptors (Lipinski definition) is 5. The molecule has 172 valence electrons. The topological polar surface area (TPSA) is 94.5 Å². The lowest BCUT2D eigenvalue weighted by molar-refractivity contribution is -0.116. The van der Waals surface area contributed by atoms with E-state index in [1.54, 1.807) is 61.8 Å². The number of benzene rings is 3. The van der Waals surface area contributed by atoms with Crippen LogP contribution in [0.15, 0.2) is 91.3 Å². The Hall–Kier alpha value is -4.59. The molecule has 0 radical (unpaired) electrons. The van der Waals surface area contributed by atoms with Gasteiger partial charge in [-0.1, -0.05) is 36.4 Å². The van der Waals surface area contributed by atoms with Crippen molar-refractivity contribution in [3.63, 3.8) is 0 Å². The summed E-state index contributed by atoms with van der Waals surface area (Å²) in [4.78, 5) is 25.0. The fraction of sp³-hybridized carbons (Fsp3) is 0.115. The van der Waals surface area contributed by atoms with Gasteiger partial charge in [0.05, 0.1) is 19.0 Å². The van der Waals surface area contributed by atoms with Crippen LogP contribution in [0.4, 0.5) is 11.4 Å². The molecule has 0 spiro atoms. The van der Waals surface area contributed by atoms with Gasteiger partial charge in [-0.15, -0.1) is 0 Å². The van der Waals surface area contributed by atoms with Crippen LogP contribution in [-0.2, 0) is 17.9 Å². The summed E-state index contributed by atoms with van der Waals surface area (Å²) in [6.07, 6.45) is 3.09. The molecular formula is C26H24N4O4. The number of methoxy groups -OCH3 is 1. The normalized spacial score (nSPS) is 10.4. The Balaban J connectivity index is 1.30. The predicted octanol–water partition coefficient (Wildman–Crippen LogP) is 4.36. The van der Waals surface area contributed by atoms with Crippen molar-refractivity contribution >= 4 is 23.2 Å². The molecule has 0 saturated heterocycles. The third-order valence-electron chi connectivity index (χ3n) is 4.92. The van der Waals surface area contributed by atoms with Gasteiger partial charge in [-0.25, -0.2) is 0 Å². The maximum Gasteiger partial charge on any atom is 0.255 e. The summed E-state index contributed by atoms with van der Waals surface area (Å²) in [5, 5.41) is 9.73. The van der Waals surface area contributed by atoms with Crippen molar-refractivity contribution < 1.29 is 19.1 Å². The van der Waals surface area contributed by atoms with Crippen LogP contribution in [0.2, 0.25) is 0 Å². The molecule has 0 fully saturated rings. The molecule has 8 nitrogen and oxygen atoms in total. The molecule has 3 aromatic carbocycles. The van der Waals surface area contributed by atoms with Gasteiger partial charge < -0.3 is 20.1 Å². The molecule has 0 aliphatic rings. The quantitative estimate of drug-likeness (QED) is 0.390. The smallest absolute Gasteiger partial charge is 0.255 e. The summed E-state index contributed by atoms with van der Waals surface area (Å²) in [6, 6.07) is 23.8. The zero-order valence-corrected chi connectivity index (χ0v) is 18.6. The van der Waals surface area contributed by atoms with Crippen LogP contribution >= 0.6 is 0 Å². The summed E-state index contributed by atoms with van der Waals surface area (Å²) < 4.78 is 12.4. The van der Waals surface area contributed by atoms with E-state index < -0.39 is 0 Å². The third-order valence-corrected chi connectivity index (χ3v) is 4.92. The second-order valence-corrected chi connectivity index (χ2v) is 7.46. The second kappa shape index (κ2) is 10.8. The van der Waals surface area contributed by atoms with E-state index in [2.05, 4.69) is 15.7 Å². The first-order valence-corrected chi connectivity index (χ1v) is 10.6. The largest absolute Gasteiger partial charge is 0.497 e. The van der Waals surface area contributed by atoms with E-state index in [-0.39, 0.29) is 18.4 Å². The van der Waals surface area contributed by atoms with Crippen LogP contribution in [0.25, 0.3) is 0 Å². The highest BCUT2D eigenvalue weighted by Crippen LogP contribution is 2.17. The number of hydrogen-bond donors (Lipinski definition) is 2. The van der Waals surface area contributed by atoms with Gasteiger partial charge in [0.25, 0.3) is 5.91 Å². The number of aromatic nitrogens is 2. The summed E-state index contributed by atoms with van der Waals surface area (Å²) in [7, 11) is 1.58. The van der Waals surface area contributed by atoms with E-state index in [9.17, 15) is 9.59 Å². The van der Waals surface area contributed by atoms with E-state index in [4.69, 9.17) is 9.47 Å². The van der Waals surface area contributed by atoms with Crippen LogP contribution in [-0.4, -0.2) is 28.7 Å². The Bertz CT molecular complexity index is 1250. The minimum Gasteiger partial charge on any atom is -0.497 e. The standard InChI is InChI=1S/C26H24N4O4/c1-33-23-12-10-21(11-13-23)28-25(31)17-30-16-22(15-27-30)29-26(32)20-8-5-9-24(14-20)34-18-19-6-3-2-4-7-19/h2-16H,17-18H2,1H3,(H,28,31)(H,29,32). The monoisotopic (exact) mass is 456 g/mol. The lowest BCUT2D eigenvalue weighted by Gasteiger charge is -2.08. The molecule has 0 bridgehead atoms. The van der Waals surface area contributed by atoms with E-state index in [0.717, 1.165) is 5.56 Å². The predicted molar refractivity (Wildman–Crippen MR) is 129 cm³/mol. The molecule has 8 heteroatoms. The average molecular weight is 457 g/mol. The summed E-state index contributed by atoms with van der Waals surface area (Å²) in [5.41, 5.74) is 2.63. The van der Waals surface area contributed by atoms with Crippen molar-refractivity contribution in [2.75, 3.05) is 17.7 Å². The van der Waals surface area contributed by atoms with Gasteiger partial charge in [-0.3, -0.25) is 14.3 Å². The number of rotatable bonds is 9. The van der Waals surface area contributed by atoms with E-state index >= 15 is 0 Å². The first kappa shape index (κ1) is 22.6. The fourth-order valence-electron chi connectivity index (χ4n) is 3.21. The SMILES string of the molecule is COc1ccc(NC(=O)Cn2cc(NC(=O)c3cccc(OCc4ccccc4)c3)cn2)cc1. The van der Waals surface area contributed by atoms with Crippen molar-refractivity contribution in [2.45, 2.75) is 13.2 Å². The molecule has 0 atom stereocenters. The highest BCUT2D eigenvalue weighted by Gasteiger charge is 2.11. The van der Waals surface area contributed by atoms with Gasteiger partial charge in [0.2, 0.25) is 5.91 Å². The summed E-state index contributed by atoms with van der Waals surface area (Å²) in [5.74, 6) is 0.767. The summed E-state index contributed by atoms with van der Waals surface area (Å²) >= 11 is 0. The van der Waals surface area contributed by atoms with Crippen molar-refractivity contribution in [3.05, 3.63) is 102 Å². The van der Waals surface area contributed by atoms with Gasteiger partial charge in [0.1, 0.15) is 24.7 Å². The van der Waals surface area contributed by atoms with E-state index in [1.165, 1.54) is 10.9 Å². The molecule has 4 rings (SSSR count). The molecule has 4 aromatic rings. The second-order valence-electron chi connectivity index (χ2n) is 7.46. The molecule has 2 N–H and O–H groups in total. The Morgan fingerprint density at radius 3 is 2.44 bits per heavy atom. The number of anilines is 2. The van der Waals surface area contributed by atoms with Crippen LogP contribution in [0.1, 0.15) is 15.9 Å². The Morgan fingerprint density at radius 2 is 1.68 bits per heavy atom. The molecule has 1 heterocycles. The van der Waals surface area contributed by atoms with Crippen LogP contribution < -0.4 is 20.1 Å². The Labute approximate surface area is 197 Å². The zero-order valence-electron chi connectivity index (χ0n) is 18.6. The van der Waals surface area contributed by atoms with Crippen molar-refractivity contribution in [1.82, 2.24) is 9.78 Å². The van der Waals surface area contributed by atoms with Gasteiger partial charge >= 0.3 is 0 Å². The first-order valence-electron chi connectivity index (χ1n) is 10.6. The average Bonchev–Trinajstić information content (AvgIpc) is 3.30. The van der Waals surface area contributed by atoms with Crippen LogP contribution in [0.3, 0.4) is 0 Å². The Kier molecular flexibility index (Phi) is 7.19. The molecule has 0 aliphatic carbocycles. The molecule has 0 aliphatic heterocycles. The molecule has 0 saturated carbocycles. The number of nitrogens with zero attached hydrogens (tertiary/aromatic N) is 2. The minimum atomic E-state index is -0.299. The maximum atomic E-state index is 12.7. The highest BCUT2D eigenvalue weighted by atomic mass is 16.5. The van der Waals surface area contributed by atoms with E-state index in [1.807, 2.05) is 30.3 Å². The molecule has 1 aromatic heterocycles. The summed E-state index contributed by atoms with van der Waals surface area (Å²) in [6.45, 7) is 0.419. The molecule has 2 amide bonds. The van der Waals surface area contributed by atoms with Crippen molar-refractivity contribution in [2.24, 2.45) is 0 Å². The number of amides is 2. The minimum absolute atomic E-state index is 0.00467. The maximum absolute atomic E-state index is 12.7. The zero-order chi connectivity index (χ0) is 23.8.